The number of benzene rings is 3. The van der Waals surface area contributed by atoms with Crippen LogP contribution in [0.1, 0.15) is 11.1 Å². The van der Waals surface area contributed by atoms with Crippen molar-refractivity contribution in [1.29, 1.82) is 0 Å². The molecule has 4 amide bonds. The summed E-state index contributed by atoms with van der Waals surface area (Å²) >= 11 is 10.3. The fraction of sp³-hybridized carbons (Fsp3) is 0.0800. The lowest BCUT2D eigenvalue weighted by molar-refractivity contribution is -0.122. The summed E-state index contributed by atoms with van der Waals surface area (Å²) in [5, 5.41) is 2.66. The Bertz CT molecular complexity index is 1340. The Morgan fingerprint density at radius 1 is 1.00 bits per heavy atom. The molecule has 0 saturated carbocycles. The first-order valence-electron chi connectivity index (χ1n) is 10.2. The van der Waals surface area contributed by atoms with Gasteiger partial charge in [-0.15, -0.1) is 0 Å². The third-order valence-electron chi connectivity index (χ3n) is 5.05. The SMILES string of the molecule is COc1cc(/C=C2\C(=O)NC(=O)N(c3ccc(Cl)cc3)C2=O)cc(I)c1OCc1ccc(I)cc1. The van der Waals surface area contributed by atoms with E-state index < -0.39 is 17.8 Å². The van der Waals surface area contributed by atoms with Crippen molar-refractivity contribution in [2.45, 2.75) is 6.61 Å². The third-order valence-corrected chi connectivity index (χ3v) is 6.82. The first-order chi connectivity index (χ1) is 16.8. The molecule has 0 atom stereocenters. The van der Waals surface area contributed by atoms with Crippen molar-refractivity contribution in [3.63, 3.8) is 0 Å². The van der Waals surface area contributed by atoms with Gasteiger partial charge in [0.25, 0.3) is 11.8 Å². The number of barbiturate groups is 1. The summed E-state index contributed by atoms with van der Waals surface area (Å²) in [7, 11) is 1.51. The van der Waals surface area contributed by atoms with Crippen LogP contribution in [0.15, 0.2) is 66.2 Å². The van der Waals surface area contributed by atoms with Gasteiger partial charge in [0.2, 0.25) is 0 Å². The van der Waals surface area contributed by atoms with Crippen molar-refractivity contribution >= 4 is 86.4 Å². The smallest absolute Gasteiger partial charge is 0.335 e. The highest BCUT2D eigenvalue weighted by Gasteiger charge is 2.36. The fourth-order valence-electron chi connectivity index (χ4n) is 3.35. The van der Waals surface area contributed by atoms with Gasteiger partial charge in [0, 0.05) is 8.59 Å². The molecule has 0 aliphatic carbocycles. The number of urea groups is 1. The molecule has 1 saturated heterocycles. The first kappa shape index (κ1) is 25.5. The van der Waals surface area contributed by atoms with Crippen molar-refractivity contribution in [3.05, 3.63) is 89.5 Å². The van der Waals surface area contributed by atoms with E-state index >= 15 is 0 Å². The molecule has 178 valence electrons. The molecule has 3 aromatic rings. The quantitative estimate of drug-likeness (QED) is 0.198. The number of anilines is 1. The number of nitrogens with zero attached hydrogens (tertiary/aromatic N) is 1. The lowest BCUT2D eigenvalue weighted by atomic mass is 10.1. The molecule has 1 aliphatic heterocycles. The summed E-state index contributed by atoms with van der Waals surface area (Å²) in [6.07, 6.45) is 1.42. The Labute approximate surface area is 233 Å². The number of hydrogen-bond donors (Lipinski definition) is 1. The van der Waals surface area contributed by atoms with E-state index in [0.717, 1.165) is 17.6 Å². The van der Waals surface area contributed by atoms with Gasteiger partial charge in [0.05, 0.1) is 16.4 Å². The van der Waals surface area contributed by atoms with Gasteiger partial charge in [-0.25, -0.2) is 9.69 Å². The maximum atomic E-state index is 13.1. The van der Waals surface area contributed by atoms with Crippen LogP contribution < -0.4 is 19.7 Å². The van der Waals surface area contributed by atoms with Crippen LogP contribution in [0.4, 0.5) is 10.5 Å². The summed E-state index contributed by atoms with van der Waals surface area (Å²) in [6, 6.07) is 16.7. The molecular formula is C25H17ClI2N2O5. The summed E-state index contributed by atoms with van der Waals surface area (Å²) in [4.78, 5) is 38.9. The fourth-order valence-corrected chi connectivity index (χ4v) is 4.61. The highest BCUT2D eigenvalue weighted by Crippen LogP contribution is 2.35. The molecule has 1 fully saturated rings. The van der Waals surface area contributed by atoms with Gasteiger partial charge in [-0.05, 0) is 111 Å². The Hall–Kier alpha value is -2.64. The molecule has 0 spiro atoms. The maximum Gasteiger partial charge on any atom is 0.335 e. The van der Waals surface area contributed by atoms with Crippen LogP contribution in [0.2, 0.25) is 5.02 Å². The predicted molar refractivity (Wildman–Crippen MR) is 150 cm³/mol. The first-order valence-corrected chi connectivity index (χ1v) is 12.7. The molecule has 3 aromatic carbocycles. The van der Waals surface area contributed by atoms with Crippen LogP contribution in [0.25, 0.3) is 6.08 Å². The van der Waals surface area contributed by atoms with Gasteiger partial charge in [0.1, 0.15) is 12.2 Å². The number of carbonyl (C=O) groups excluding carboxylic acids is 3. The van der Waals surface area contributed by atoms with Crippen molar-refractivity contribution in [2.75, 3.05) is 12.0 Å². The molecule has 1 aliphatic rings. The van der Waals surface area contributed by atoms with Crippen molar-refractivity contribution in [2.24, 2.45) is 0 Å². The molecule has 1 N–H and O–H groups in total. The Morgan fingerprint density at radius 3 is 2.34 bits per heavy atom. The molecular weight excluding hydrogens is 698 g/mol. The highest BCUT2D eigenvalue weighted by molar-refractivity contribution is 14.1. The molecule has 7 nitrogen and oxygen atoms in total. The standard InChI is InChI=1S/C25H17ClI2N2O5/c1-34-21-12-15(11-20(28)22(21)35-13-14-2-6-17(27)7-3-14)10-19-23(31)29-25(33)30(24(19)32)18-8-4-16(26)5-9-18/h2-12H,13H2,1H3,(H,29,31,33)/b19-10+. The molecule has 0 bridgehead atoms. The molecule has 10 heteroatoms. The normalized spacial score (nSPS) is 14.8. The molecule has 0 radical (unpaired) electrons. The second-order valence-electron chi connectivity index (χ2n) is 7.38. The van der Waals surface area contributed by atoms with E-state index in [1.807, 2.05) is 24.3 Å². The minimum Gasteiger partial charge on any atom is -0.493 e. The maximum absolute atomic E-state index is 13.1. The minimum atomic E-state index is -0.828. The third kappa shape index (κ3) is 5.78. The zero-order valence-corrected chi connectivity index (χ0v) is 23.3. The van der Waals surface area contributed by atoms with Crippen LogP contribution in [0.3, 0.4) is 0 Å². The van der Waals surface area contributed by atoms with Crippen LogP contribution >= 0.6 is 56.8 Å². The highest BCUT2D eigenvalue weighted by atomic mass is 127. The zero-order valence-electron chi connectivity index (χ0n) is 18.2. The second-order valence-corrected chi connectivity index (χ2v) is 10.2. The minimum absolute atomic E-state index is 0.190. The zero-order chi connectivity index (χ0) is 25.1. The van der Waals surface area contributed by atoms with E-state index in [9.17, 15) is 14.4 Å². The average Bonchev–Trinajstić information content (AvgIpc) is 2.83. The number of ether oxygens (including phenoxy) is 2. The lowest BCUT2D eigenvalue weighted by Gasteiger charge is -2.26. The van der Waals surface area contributed by atoms with Gasteiger partial charge in [0.15, 0.2) is 11.5 Å². The number of hydrogen-bond acceptors (Lipinski definition) is 5. The van der Waals surface area contributed by atoms with E-state index in [0.29, 0.717) is 34.4 Å². The average molecular weight is 715 g/mol. The van der Waals surface area contributed by atoms with E-state index in [2.05, 4.69) is 50.5 Å². The predicted octanol–water partition coefficient (Wildman–Crippen LogP) is 5.80. The lowest BCUT2D eigenvalue weighted by Crippen LogP contribution is -2.54. The molecule has 0 unspecified atom stereocenters. The van der Waals surface area contributed by atoms with Crippen LogP contribution in [0, 0.1) is 7.14 Å². The number of carbonyl (C=O) groups is 3. The summed E-state index contributed by atoms with van der Waals surface area (Å²) in [5.41, 5.74) is 1.65. The Morgan fingerprint density at radius 2 is 1.69 bits per heavy atom. The number of methoxy groups -OCH3 is 1. The summed E-state index contributed by atoms with van der Waals surface area (Å²) in [6.45, 7) is 0.350. The van der Waals surface area contributed by atoms with Gasteiger partial charge < -0.3 is 9.47 Å². The van der Waals surface area contributed by atoms with Crippen molar-refractivity contribution in [3.8, 4) is 11.5 Å². The summed E-state index contributed by atoms with van der Waals surface area (Å²) < 4.78 is 13.4. The molecule has 4 rings (SSSR count). The number of imide groups is 2. The number of rotatable bonds is 6. The molecule has 1 heterocycles. The number of amides is 4. The molecule has 35 heavy (non-hydrogen) atoms. The monoisotopic (exact) mass is 714 g/mol. The number of nitrogens with one attached hydrogen (secondary N) is 1. The largest absolute Gasteiger partial charge is 0.493 e. The van der Waals surface area contributed by atoms with Gasteiger partial charge in [-0.1, -0.05) is 23.7 Å². The van der Waals surface area contributed by atoms with Crippen molar-refractivity contribution < 1.29 is 23.9 Å². The van der Waals surface area contributed by atoms with Crippen LogP contribution in [-0.2, 0) is 16.2 Å². The van der Waals surface area contributed by atoms with Gasteiger partial charge in [-0.2, -0.15) is 0 Å². The van der Waals surface area contributed by atoms with Crippen LogP contribution in [0.5, 0.6) is 11.5 Å². The summed E-state index contributed by atoms with van der Waals surface area (Å²) in [5.74, 6) is -0.526. The topological polar surface area (TPSA) is 84.9 Å². The van der Waals surface area contributed by atoms with E-state index in [1.54, 1.807) is 24.3 Å². The van der Waals surface area contributed by atoms with E-state index in [1.165, 1.54) is 25.3 Å². The van der Waals surface area contributed by atoms with Gasteiger partial charge >= 0.3 is 6.03 Å². The van der Waals surface area contributed by atoms with Gasteiger partial charge in [-0.3, -0.25) is 14.9 Å². The molecule has 0 aromatic heterocycles. The number of halogens is 3. The van der Waals surface area contributed by atoms with Crippen molar-refractivity contribution in [1.82, 2.24) is 5.32 Å². The second kappa shape index (κ2) is 11.0. The Kier molecular flexibility index (Phi) is 7.97. The van der Waals surface area contributed by atoms with E-state index in [-0.39, 0.29) is 5.57 Å². The van der Waals surface area contributed by atoms with Crippen LogP contribution in [-0.4, -0.2) is 25.0 Å². The van der Waals surface area contributed by atoms with E-state index in [4.69, 9.17) is 21.1 Å². The Balaban J connectivity index is 1.63.